The molecule has 0 aromatic carbocycles. The van der Waals surface area contributed by atoms with Crippen molar-refractivity contribution in [2.24, 2.45) is 5.73 Å². The molecular weight excluding hydrogens is 230 g/mol. The minimum Gasteiger partial charge on any atom is -0.366 e. The van der Waals surface area contributed by atoms with Crippen LogP contribution in [0.25, 0.3) is 0 Å². The quantitative estimate of drug-likeness (QED) is 0.896. The Hall–Kier alpha value is -0.740. The van der Waals surface area contributed by atoms with E-state index in [0.29, 0.717) is 6.04 Å². The highest BCUT2D eigenvalue weighted by molar-refractivity contribution is 7.99. The molecule has 1 aromatic heterocycles. The summed E-state index contributed by atoms with van der Waals surface area (Å²) in [5.74, 6) is 2.41. The van der Waals surface area contributed by atoms with Crippen LogP contribution >= 0.6 is 11.8 Å². The van der Waals surface area contributed by atoms with Gasteiger partial charge in [-0.15, -0.1) is 0 Å². The Labute approximate surface area is 108 Å². The summed E-state index contributed by atoms with van der Waals surface area (Å²) in [6.07, 6.45) is 2.90. The first-order valence-electron chi connectivity index (χ1n) is 6.28. The van der Waals surface area contributed by atoms with Gasteiger partial charge in [0.1, 0.15) is 0 Å². The summed E-state index contributed by atoms with van der Waals surface area (Å²) in [5.41, 5.74) is 8.19. The summed E-state index contributed by atoms with van der Waals surface area (Å²) in [5, 5.41) is 0. The zero-order chi connectivity index (χ0) is 12.3. The molecule has 2 atom stereocenters. The molecule has 0 spiro atoms. The van der Waals surface area contributed by atoms with Crippen molar-refractivity contribution < 1.29 is 0 Å². The third kappa shape index (κ3) is 2.93. The van der Waals surface area contributed by atoms with Crippen LogP contribution in [-0.4, -0.2) is 29.1 Å². The van der Waals surface area contributed by atoms with Crippen molar-refractivity contribution in [3.05, 3.63) is 24.0 Å². The summed E-state index contributed by atoms with van der Waals surface area (Å²) in [6.45, 7) is 5.48. The number of aromatic nitrogens is 1. The van der Waals surface area contributed by atoms with Crippen molar-refractivity contribution in [2.45, 2.75) is 32.4 Å². The molecule has 1 aliphatic heterocycles. The van der Waals surface area contributed by atoms with Gasteiger partial charge in [-0.3, -0.25) is 4.98 Å². The van der Waals surface area contributed by atoms with E-state index in [1.165, 1.54) is 17.2 Å². The fourth-order valence-corrected chi connectivity index (χ4v) is 3.12. The van der Waals surface area contributed by atoms with Crippen molar-refractivity contribution in [3.8, 4) is 0 Å². The van der Waals surface area contributed by atoms with E-state index >= 15 is 0 Å². The number of hydrogen-bond donors (Lipinski definition) is 1. The van der Waals surface area contributed by atoms with E-state index in [9.17, 15) is 0 Å². The summed E-state index contributed by atoms with van der Waals surface area (Å²) in [4.78, 5) is 6.92. The topological polar surface area (TPSA) is 42.1 Å². The second kappa shape index (κ2) is 5.74. The molecule has 4 heteroatoms. The number of pyridine rings is 1. The standard InChI is InChI=1S/C13H21N3S/c1-3-12(14)13-5-4-11(8-15-13)16-6-7-17-9-10(16)2/h4-5,8,10,12H,3,6-7,9,14H2,1-2H3. The molecule has 2 rings (SSSR count). The van der Waals surface area contributed by atoms with E-state index in [1.54, 1.807) is 0 Å². The molecule has 1 saturated heterocycles. The Balaban J connectivity index is 2.11. The summed E-state index contributed by atoms with van der Waals surface area (Å²) in [7, 11) is 0. The minimum atomic E-state index is 0.0679. The molecule has 0 bridgehead atoms. The molecule has 1 aliphatic rings. The summed E-state index contributed by atoms with van der Waals surface area (Å²) >= 11 is 2.03. The lowest BCUT2D eigenvalue weighted by molar-refractivity contribution is 0.669. The second-order valence-electron chi connectivity index (χ2n) is 4.57. The van der Waals surface area contributed by atoms with Gasteiger partial charge in [-0.2, -0.15) is 11.8 Å². The van der Waals surface area contributed by atoms with Gasteiger partial charge in [0.25, 0.3) is 0 Å². The number of anilines is 1. The Morgan fingerprint density at radius 1 is 1.59 bits per heavy atom. The lowest BCUT2D eigenvalue weighted by Crippen LogP contribution is -2.40. The fraction of sp³-hybridized carbons (Fsp3) is 0.615. The largest absolute Gasteiger partial charge is 0.366 e. The first kappa shape index (κ1) is 12.7. The van der Waals surface area contributed by atoms with E-state index in [0.717, 1.165) is 18.7 Å². The molecule has 0 amide bonds. The van der Waals surface area contributed by atoms with Crippen LogP contribution in [0.1, 0.15) is 32.0 Å². The van der Waals surface area contributed by atoms with Gasteiger partial charge >= 0.3 is 0 Å². The van der Waals surface area contributed by atoms with Gasteiger partial charge in [-0.05, 0) is 25.5 Å². The molecule has 3 nitrogen and oxygen atoms in total. The maximum absolute atomic E-state index is 5.97. The molecular formula is C13H21N3S. The molecule has 2 N–H and O–H groups in total. The Morgan fingerprint density at radius 3 is 3.00 bits per heavy atom. The van der Waals surface area contributed by atoms with Gasteiger partial charge in [0.15, 0.2) is 0 Å². The third-order valence-corrected chi connectivity index (χ3v) is 4.48. The van der Waals surface area contributed by atoms with E-state index in [1.807, 2.05) is 18.0 Å². The number of thioether (sulfide) groups is 1. The SMILES string of the molecule is CCC(N)c1ccc(N2CCSCC2C)cn1. The van der Waals surface area contributed by atoms with Gasteiger partial charge in [-0.25, -0.2) is 0 Å². The lowest BCUT2D eigenvalue weighted by Gasteiger charge is -2.34. The number of nitrogens with zero attached hydrogens (tertiary/aromatic N) is 2. The van der Waals surface area contributed by atoms with Crippen molar-refractivity contribution in [1.82, 2.24) is 4.98 Å². The fourth-order valence-electron chi connectivity index (χ4n) is 2.11. The van der Waals surface area contributed by atoms with Gasteiger partial charge in [0.05, 0.1) is 17.6 Å². The van der Waals surface area contributed by atoms with Gasteiger partial charge in [0.2, 0.25) is 0 Å². The Morgan fingerprint density at radius 2 is 2.41 bits per heavy atom. The second-order valence-corrected chi connectivity index (χ2v) is 5.72. The zero-order valence-corrected chi connectivity index (χ0v) is 11.4. The molecule has 2 heterocycles. The molecule has 1 aromatic rings. The van der Waals surface area contributed by atoms with Crippen molar-refractivity contribution in [3.63, 3.8) is 0 Å². The van der Waals surface area contributed by atoms with Crippen LogP contribution in [0.15, 0.2) is 18.3 Å². The monoisotopic (exact) mass is 251 g/mol. The first-order valence-corrected chi connectivity index (χ1v) is 7.43. The Bertz CT molecular complexity index is 352. The molecule has 0 radical (unpaired) electrons. The molecule has 2 unspecified atom stereocenters. The molecule has 0 saturated carbocycles. The average molecular weight is 251 g/mol. The maximum atomic E-state index is 5.97. The first-order chi connectivity index (χ1) is 8.22. The number of rotatable bonds is 3. The minimum absolute atomic E-state index is 0.0679. The van der Waals surface area contributed by atoms with Crippen LogP contribution in [0.3, 0.4) is 0 Å². The summed E-state index contributed by atoms with van der Waals surface area (Å²) < 4.78 is 0. The predicted octanol–water partition coefficient (Wildman–Crippen LogP) is 2.43. The zero-order valence-electron chi connectivity index (χ0n) is 10.6. The number of nitrogens with two attached hydrogens (primary N) is 1. The molecule has 17 heavy (non-hydrogen) atoms. The smallest absolute Gasteiger partial charge is 0.0572 e. The number of hydrogen-bond acceptors (Lipinski definition) is 4. The van der Waals surface area contributed by atoms with E-state index in [-0.39, 0.29) is 6.04 Å². The highest BCUT2D eigenvalue weighted by atomic mass is 32.2. The predicted molar refractivity (Wildman–Crippen MR) is 75.6 cm³/mol. The van der Waals surface area contributed by atoms with Crippen LogP contribution in [-0.2, 0) is 0 Å². The highest BCUT2D eigenvalue weighted by Gasteiger charge is 2.19. The molecule has 94 valence electrons. The van der Waals surface area contributed by atoms with Gasteiger partial charge in [-0.1, -0.05) is 6.92 Å². The lowest BCUT2D eigenvalue weighted by atomic mass is 10.1. The van der Waals surface area contributed by atoms with Gasteiger partial charge in [0, 0.05) is 30.1 Å². The van der Waals surface area contributed by atoms with Crippen LogP contribution in [0.2, 0.25) is 0 Å². The van der Waals surface area contributed by atoms with Crippen LogP contribution in [0.4, 0.5) is 5.69 Å². The third-order valence-electron chi connectivity index (χ3n) is 3.29. The molecule has 0 aliphatic carbocycles. The van der Waals surface area contributed by atoms with Crippen LogP contribution < -0.4 is 10.6 Å². The van der Waals surface area contributed by atoms with Gasteiger partial charge < -0.3 is 10.6 Å². The van der Waals surface area contributed by atoms with Crippen LogP contribution in [0, 0.1) is 0 Å². The molecule has 1 fully saturated rings. The highest BCUT2D eigenvalue weighted by Crippen LogP contribution is 2.24. The Kier molecular flexibility index (Phi) is 4.29. The van der Waals surface area contributed by atoms with E-state index in [2.05, 4.69) is 35.9 Å². The average Bonchev–Trinajstić information content (AvgIpc) is 2.39. The van der Waals surface area contributed by atoms with Crippen molar-refractivity contribution in [1.29, 1.82) is 0 Å². The van der Waals surface area contributed by atoms with Crippen molar-refractivity contribution in [2.75, 3.05) is 23.0 Å². The maximum Gasteiger partial charge on any atom is 0.0572 e. The van der Waals surface area contributed by atoms with Crippen LogP contribution in [0.5, 0.6) is 0 Å². The normalized spacial score (nSPS) is 22.5. The summed E-state index contributed by atoms with van der Waals surface area (Å²) in [6, 6.07) is 4.89. The van der Waals surface area contributed by atoms with E-state index < -0.39 is 0 Å². The van der Waals surface area contributed by atoms with Crippen molar-refractivity contribution >= 4 is 17.4 Å². The van der Waals surface area contributed by atoms with E-state index in [4.69, 9.17) is 5.73 Å².